The van der Waals surface area contributed by atoms with Gasteiger partial charge in [0.05, 0.1) is 5.75 Å². The molecule has 1 aromatic carbocycles. The Morgan fingerprint density at radius 1 is 1.07 bits per heavy atom. The van der Waals surface area contributed by atoms with Gasteiger partial charge < -0.3 is 5.32 Å². The lowest BCUT2D eigenvalue weighted by atomic mass is 10.0. The zero-order valence-corrected chi connectivity index (χ0v) is 16.6. The van der Waals surface area contributed by atoms with Crippen molar-refractivity contribution in [1.29, 1.82) is 0 Å². The van der Waals surface area contributed by atoms with Crippen LogP contribution in [0.25, 0.3) is 0 Å². The molecule has 0 saturated heterocycles. The molecule has 2 N–H and O–H groups in total. The minimum absolute atomic E-state index is 0.0541. The van der Waals surface area contributed by atoms with Gasteiger partial charge in [-0.1, -0.05) is 50.2 Å². The van der Waals surface area contributed by atoms with Crippen LogP contribution in [-0.2, 0) is 27.8 Å². The molecular formula is C20H27N3O3S. The van der Waals surface area contributed by atoms with E-state index in [0.29, 0.717) is 19.4 Å². The van der Waals surface area contributed by atoms with E-state index in [9.17, 15) is 13.2 Å². The molecule has 0 aliphatic carbocycles. The third kappa shape index (κ3) is 7.88. The van der Waals surface area contributed by atoms with Gasteiger partial charge in [0.15, 0.2) is 0 Å². The van der Waals surface area contributed by atoms with Gasteiger partial charge in [-0.05, 0) is 36.0 Å². The number of rotatable bonds is 10. The predicted octanol–water partition coefficient (Wildman–Crippen LogP) is 2.27. The van der Waals surface area contributed by atoms with Crippen molar-refractivity contribution in [2.75, 3.05) is 5.75 Å². The van der Waals surface area contributed by atoms with Crippen LogP contribution in [0.4, 0.5) is 0 Å². The lowest BCUT2D eigenvalue weighted by Crippen LogP contribution is -2.47. The number of benzene rings is 1. The van der Waals surface area contributed by atoms with E-state index in [0.717, 1.165) is 11.1 Å². The molecule has 1 atom stereocenters. The summed E-state index contributed by atoms with van der Waals surface area (Å²) < 4.78 is 27.5. The normalized spacial score (nSPS) is 12.7. The molecule has 0 aliphatic heterocycles. The molecule has 2 rings (SSSR count). The molecule has 0 saturated carbocycles. The topological polar surface area (TPSA) is 88.2 Å². The summed E-state index contributed by atoms with van der Waals surface area (Å²) in [5.41, 5.74) is 1.81. The van der Waals surface area contributed by atoms with Gasteiger partial charge in [-0.3, -0.25) is 9.78 Å². The lowest BCUT2D eigenvalue weighted by molar-refractivity contribution is -0.123. The zero-order chi connectivity index (χ0) is 19.7. The van der Waals surface area contributed by atoms with Crippen LogP contribution < -0.4 is 10.0 Å². The Labute approximate surface area is 161 Å². The predicted molar refractivity (Wildman–Crippen MR) is 106 cm³/mol. The first-order valence-electron chi connectivity index (χ1n) is 9.06. The van der Waals surface area contributed by atoms with Gasteiger partial charge in [0.1, 0.15) is 6.04 Å². The third-order valence-corrected chi connectivity index (χ3v) is 5.42. The molecule has 1 amide bonds. The Bertz CT molecular complexity index is 809. The van der Waals surface area contributed by atoms with E-state index in [4.69, 9.17) is 0 Å². The molecule has 27 heavy (non-hydrogen) atoms. The highest BCUT2D eigenvalue weighted by molar-refractivity contribution is 7.89. The summed E-state index contributed by atoms with van der Waals surface area (Å²) >= 11 is 0. The first kappa shape index (κ1) is 21.1. The van der Waals surface area contributed by atoms with Crippen LogP contribution in [0.5, 0.6) is 0 Å². The smallest absolute Gasteiger partial charge is 0.238 e. The minimum atomic E-state index is -3.58. The van der Waals surface area contributed by atoms with Gasteiger partial charge >= 0.3 is 0 Å². The fourth-order valence-corrected chi connectivity index (χ4v) is 3.93. The van der Waals surface area contributed by atoms with Crippen molar-refractivity contribution in [2.45, 2.75) is 39.3 Å². The van der Waals surface area contributed by atoms with Crippen molar-refractivity contribution in [3.05, 3.63) is 66.0 Å². The van der Waals surface area contributed by atoms with E-state index in [2.05, 4.69) is 15.0 Å². The molecule has 0 unspecified atom stereocenters. The molecule has 1 aromatic heterocycles. The first-order valence-corrected chi connectivity index (χ1v) is 10.7. The van der Waals surface area contributed by atoms with Gasteiger partial charge in [0.25, 0.3) is 0 Å². The molecule has 0 fully saturated rings. The molecule has 0 radical (unpaired) electrons. The Balaban J connectivity index is 1.96. The molecular weight excluding hydrogens is 362 g/mol. The molecule has 0 bridgehead atoms. The number of pyridine rings is 1. The van der Waals surface area contributed by atoms with Crippen LogP contribution in [-0.4, -0.2) is 31.1 Å². The number of hydrogen-bond acceptors (Lipinski definition) is 4. The second kappa shape index (κ2) is 10.2. The number of aromatic nitrogens is 1. The van der Waals surface area contributed by atoms with Crippen LogP contribution in [0.3, 0.4) is 0 Å². The maximum Gasteiger partial charge on any atom is 0.238 e. The van der Waals surface area contributed by atoms with Crippen LogP contribution in [0.15, 0.2) is 54.9 Å². The fraction of sp³-hybridized carbons (Fsp3) is 0.400. The number of amides is 1. The highest BCUT2D eigenvalue weighted by atomic mass is 32.2. The van der Waals surface area contributed by atoms with Crippen molar-refractivity contribution in [3.63, 3.8) is 0 Å². The van der Waals surface area contributed by atoms with E-state index in [1.165, 1.54) is 0 Å². The minimum Gasteiger partial charge on any atom is -0.351 e. The maximum atomic E-state index is 12.5. The summed E-state index contributed by atoms with van der Waals surface area (Å²) in [6.07, 6.45) is 4.17. The largest absolute Gasteiger partial charge is 0.351 e. The molecule has 2 aromatic rings. The molecule has 1 heterocycles. The number of hydrogen-bond donors (Lipinski definition) is 2. The summed E-state index contributed by atoms with van der Waals surface area (Å²) in [6, 6.07) is 12.3. The Morgan fingerprint density at radius 3 is 2.41 bits per heavy atom. The molecule has 6 nitrogen and oxygen atoms in total. The number of carbonyl (C=O) groups is 1. The Morgan fingerprint density at radius 2 is 1.78 bits per heavy atom. The van der Waals surface area contributed by atoms with E-state index >= 15 is 0 Å². The fourth-order valence-electron chi connectivity index (χ4n) is 2.67. The summed E-state index contributed by atoms with van der Waals surface area (Å²) in [4.78, 5) is 16.6. The van der Waals surface area contributed by atoms with Crippen LogP contribution in [0.2, 0.25) is 0 Å². The standard InChI is InChI=1S/C20H27N3O3S/c1-16(2)13-19(20(24)22-15-18-9-6-11-21-14-18)23-27(25,26)12-10-17-7-4-3-5-8-17/h3-9,11,14,16,19,23H,10,12-13,15H2,1-2H3,(H,22,24)/t19-/m0/s1. The summed E-state index contributed by atoms with van der Waals surface area (Å²) in [5, 5.41) is 2.79. The Kier molecular flexibility index (Phi) is 7.94. The van der Waals surface area contributed by atoms with Gasteiger partial charge in [-0.25, -0.2) is 13.1 Å². The number of nitrogens with one attached hydrogen (secondary N) is 2. The molecule has 7 heteroatoms. The van der Waals surface area contributed by atoms with Gasteiger partial charge in [-0.2, -0.15) is 0 Å². The number of nitrogens with zero attached hydrogens (tertiary/aromatic N) is 1. The Hall–Kier alpha value is -2.25. The van der Waals surface area contributed by atoms with Crippen LogP contribution >= 0.6 is 0 Å². The second-order valence-corrected chi connectivity index (χ2v) is 8.81. The quantitative estimate of drug-likeness (QED) is 0.652. The second-order valence-electron chi connectivity index (χ2n) is 6.93. The molecule has 0 aliphatic rings. The average Bonchev–Trinajstić information content (AvgIpc) is 2.65. The molecule has 0 spiro atoms. The summed E-state index contributed by atoms with van der Waals surface area (Å²) in [7, 11) is -3.58. The van der Waals surface area contributed by atoms with E-state index in [1.807, 2.05) is 50.2 Å². The summed E-state index contributed by atoms with van der Waals surface area (Å²) in [6.45, 7) is 4.23. The van der Waals surface area contributed by atoms with E-state index < -0.39 is 16.1 Å². The monoisotopic (exact) mass is 389 g/mol. The highest BCUT2D eigenvalue weighted by Crippen LogP contribution is 2.08. The highest BCUT2D eigenvalue weighted by Gasteiger charge is 2.25. The van der Waals surface area contributed by atoms with E-state index in [-0.39, 0.29) is 17.6 Å². The van der Waals surface area contributed by atoms with Crippen LogP contribution in [0.1, 0.15) is 31.4 Å². The number of sulfonamides is 1. The van der Waals surface area contributed by atoms with Crippen molar-refractivity contribution in [3.8, 4) is 0 Å². The van der Waals surface area contributed by atoms with Crippen molar-refractivity contribution in [1.82, 2.24) is 15.0 Å². The van der Waals surface area contributed by atoms with Crippen molar-refractivity contribution in [2.24, 2.45) is 5.92 Å². The average molecular weight is 390 g/mol. The number of carbonyl (C=O) groups excluding carboxylic acids is 1. The zero-order valence-electron chi connectivity index (χ0n) is 15.8. The van der Waals surface area contributed by atoms with E-state index in [1.54, 1.807) is 18.5 Å². The maximum absolute atomic E-state index is 12.5. The summed E-state index contributed by atoms with van der Waals surface area (Å²) in [5.74, 6) is -0.201. The van der Waals surface area contributed by atoms with Crippen molar-refractivity contribution >= 4 is 15.9 Å². The lowest BCUT2D eigenvalue weighted by Gasteiger charge is -2.20. The van der Waals surface area contributed by atoms with Gasteiger partial charge in [0.2, 0.25) is 15.9 Å². The van der Waals surface area contributed by atoms with Gasteiger partial charge in [0, 0.05) is 18.9 Å². The SMILES string of the molecule is CC(C)C[C@H](NS(=O)(=O)CCc1ccccc1)C(=O)NCc1cccnc1. The molecule has 146 valence electrons. The third-order valence-electron chi connectivity index (χ3n) is 4.04. The van der Waals surface area contributed by atoms with Crippen LogP contribution in [0, 0.1) is 5.92 Å². The first-order chi connectivity index (χ1) is 12.9. The number of aryl methyl sites for hydroxylation is 1. The van der Waals surface area contributed by atoms with Crippen molar-refractivity contribution < 1.29 is 13.2 Å². The van der Waals surface area contributed by atoms with Gasteiger partial charge in [-0.15, -0.1) is 0 Å².